The third-order valence-corrected chi connectivity index (χ3v) is 4.41. The molecule has 0 saturated carbocycles. The summed E-state index contributed by atoms with van der Waals surface area (Å²) in [6, 6.07) is 0. The number of rotatable bonds is 2. The maximum atomic E-state index is 10.5. The van der Waals surface area contributed by atoms with Crippen LogP contribution in [0, 0.1) is 4.91 Å². The Morgan fingerprint density at radius 1 is 1.46 bits per heavy atom. The first kappa shape index (κ1) is 10.8. The predicted octanol–water partition coefficient (Wildman–Crippen LogP) is 2.17. The number of hydrazone groups is 1. The molecule has 1 aliphatic heterocycles. The van der Waals surface area contributed by atoms with Crippen LogP contribution >= 0.6 is 23.5 Å². The number of hydrogen-bond acceptors (Lipinski definition) is 6. The minimum absolute atomic E-state index is 0.138. The molecular weight excluding hydrogens is 206 g/mol. The first-order chi connectivity index (χ1) is 5.95. The minimum Gasteiger partial charge on any atom is -0.302 e. The minimum atomic E-state index is -0.226. The fourth-order valence-electron chi connectivity index (χ4n) is 0.893. The molecule has 0 radical (unpaired) electrons. The Morgan fingerprint density at radius 2 is 2.08 bits per heavy atom. The highest BCUT2D eigenvalue weighted by atomic mass is 32.2. The molecule has 0 spiro atoms. The Balaban J connectivity index is 2.75. The standard InChI is InChI=1S/C7H13N3OS2/c1-7(2)5(9-11)12-6(13-7)8-10(3)4/h5H,1-4H3. The fraction of sp³-hybridized carbons (Fsp3) is 0.857. The van der Waals surface area contributed by atoms with Crippen molar-refractivity contribution in [2.24, 2.45) is 10.3 Å². The van der Waals surface area contributed by atoms with E-state index in [1.807, 2.05) is 27.9 Å². The molecule has 1 rings (SSSR count). The molecule has 4 nitrogen and oxygen atoms in total. The predicted molar refractivity (Wildman–Crippen MR) is 60.0 cm³/mol. The van der Waals surface area contributed by atoms with Gasteiger partial charge in [0.2, 0.25) is 0 Å². The highest BCUT2D eigenvalue weighted by Crippen LogP contribution is 2.47. The van der Waals surface area contributed by atoms with Gasteiger partial charge in [0.25, 0.3) is 0 Å². The van der Waals surface area contributed by atoms with Crippen LogP contribution in [-0.2, 0) is 0 Å². The molecule has 1 heterocycles. The van der Waals surface area contributed by atoms with Crippen LogP contribution in [0.1, 0.15) is 13.8 Å². The van der Waals surface area contributed by atoms with Crippen molar-refractivity contribution in [3.63, 3.8) is 0 Å². The van der Waals surface area contributed by atoms with Crippen LogP contribution in [0.3, 0.4) is 0 Å². The molecule has 74 valence electrons. The lowest BCUT2D eigenvalue weighted by Crippen LogP contribution is -2.22. The zero-order valence-electron chi connectivity index (χ0n) is 8.14. The van der Waals surface area contributed by atoms with Gasteiger partial charge in [0, 0.05) is 14.1 Å². The molecule has 0 N–H and O–H groups in total. The molecule has 1 atom stereocenters. The van der Waals surface area contributed by atoms with E-state index in [0.29, 0.717) is 0 Å². The van der Waals surface area contributed by atoms with Crippen LogP contribution in [-0.4, -0.2) is 33.6 Å². The van der Waals surface area contributed by atoms with Gasteiger partial charge in [-0.1, -0.05) is 28.7 Å². The second-order valence-corrected chi connectivity index (χ2v) is 6.46. The topological polar surface area (TPSA) is 45.0 Å². The van der Waals surface area contributed by atoms with Gasteiger partial charge in [-0.15, -0.1) is 4.91 Å². The van der Waals surface area contributed by atoms with Gasteiger partial charge in [-0.05, 0) is 13.8 Å². The summed E-state index contributed by atoms with van der Waals surface area (Å²) in [7, 11) is 3.73. The Morgan fingerprint density at radius 3 is 2.46 bits per heavy atom. The van der Waals surface area contributed by atoms with Crippen LogP contribution in [0.25, 0.3) is 0 Å². The summed E-state index contributed by atoms with van der Waals surface area (Å²) >= 11 is 3.04. The number of thioether (sulfide) groups is 2. The van der Waals surface area contributed by atoms with Crippen LogP contribution in [0.2, 0.25) is 0 Å². The van der Waals surface area contributed by atoms with Gasteiger partial charge in [0.1, 0.15) is 0 Å². The van der Waals surface area contributed by atoms with Crippen LogP contribution in [0.4, 0.5) is 0 Å². The van der Waals surface area contributed by atoms with E-state index in [4.69, 9.17) is 0 Å². The van der Waals surface area contributed by atoms with Gasteiger partial charge in [0.15, 0.2) is 9.75 Å². The first-order valence-electron chi connectivity index (χ1n) is 3.90. The van der Waals surface area contributed by atoms with Gasteiger partial charge in [0.05, 0.1) is 4.75 Å². The van der Waals surface area contributed by atoms with Gasteiger partial charge in [-0.2, -0.15) is 5.10 Å². The lowest BCUT2D eigenvalue weighted by atomic mass is 10.2. The highest BCUT2D eigenvalue weighted by Gasteiger charge is 2.42. The SMILES string of the molecule is CN(C)N=C1SC(N=O)C(C)(C)S1. The lowest BCUT2D eigenvalue weighted by Gasteiger charge is -2.16. The summed E-state index contributed by atoms with van der Waals surface area (Å²) in [4.78, 5) is 10.5. The van der Waals surface area contributed by atoms with Crippen molar-refractivity contribution in [1.82, 2.24) is 5.01 Å². The molecule has 0 amide bonds. The van der Waals surface area contributed by atoms with Crippen LogP contribution in [0.5, 0.6) is 0 Å². The van der Waals surface area contributed by atoms with Crippen molar-refractivity contribution in [2.75, 3.05) is 14.1 Å². The molecular formula is C7H13N3OS2. The van der Waals surface area contributed by atoms with E-state index in [2.05, 4.69) is 10.3 Å². The highest BCUT2D eigenvalue weighted by molar-refractivity contribution is 8.42. The van der Waals surface area contributed by atoms with Crippen molar-refractivity contribution in [1.29, 1.82) is 0 Å². The van der Waals surface area contributed by atoms with Crippen molar-refractivity contribution in [3.05, 3.63) is 4.91 Å². The van der Waals surface area contributed by atoms with Crippen molar-refractivity contribution >= 4 is 27.9 Å². The second-order valence-electron chi connectivity index (χ2n) is 3.49. The molecule has 0 aromatic heterocycles. The van der Waals surface area contributed by atoms with E-state index < -0.39 is 0 Å². The van der Waals surface area contributed by atoms with E-state index in [0.717, 1.165) is 4.38 Å². The molecule has 1 unspecified atom stereocenters. The average molecular weight is 219 g/mol. The molecule has 0 aromatic rings. The van der Waals surface area contributed by atoms with Crippen LogP contribution in [0.15, 0.2) is 10.3 Å². The van der Waals surface area contributed by atoms with Crippen molar-refractivity contribution in [3.8, 4) is 0 Å². The Bertz CT molecular complexity index is 240. The third-order valence-electron chi connectivity index (χ3n) is 1.53. The monoisotopic (exact) mass is 219 g/mol. The molecule has 1 fully saturated rings. The molecule has 0 aromatic carbocycles. The van der Waals surface area contributed by atoms with Crippen LogP contribution < -0.4 is 0 Å². The number of nitrogens with zero attached hydrogens (tertiary/aromatic N) is 3. The zero-order chi connectivity index (χ0) is 10.1. The van der Waals surface area contributed by atoms with E-state index in [9.17, 15) is 4.91 Å². The molecule has 0 bridgehead atoms. The molecule has 1 saturated heterocycles. The summed E-state index contributed by atoms with van der Waals surface area (Å²) in [5.41, 5.74) is 0. The maximum absolute atomic E-state index is 10.5. The smallest absolute Gasteiger partial charge is 0.158 e. The van der Waals surface area contributed by atoms with Gasteiger partial charge in [-0.3, -0.25) is 0 Å². The second kappa shape index (κ2) is 3.88. The van der Waals surface area contributed by atoms with E-state index >= 15 is 0 Å². The summed E-state index contributed by atoms with van der Waals surface area (Å²) < 4.78 is 0.779. The maximum Gasteiger partial charge on any atom is 0.158 e. The lowest BCUT2D eigenvalue weighted by molar-refractivity contribution is 0.441. The fourth-order valence-corrected chi connectivity index (χ4v) is 3.82. The first-order valence-corrected chi connectivity index (χ1v) is 5.59. The summed E-state index contributed by atoms with van der Waals surface area (Å²) in [6.07, 6.45) is 0. The largest absolute Gasteiger partial charge is 0.302 e. The Labute approximate surface area is 86.5 Å². The van der Waals surface area contributed by atoms with Gasteiger partial charge < -0.3 is 5.01 Å². The quantitative estimate of drug-likeness (QED) is 0.527. The summed E-state index contributed by atoms with van der Waals surface area (Å²) in [5, 5.41) is 8.85. The summed E-state index contributed by atoms with van der Waals surface area (Å²) in [5.74, 6) is 0. The van der Waals surface area contributed by atoms with Crippen molar-refractivity contribution < 1.29 is 0 Å². The van der Waals surface area contributed by atoms with E-state index in [-0.39, 0.29) is 10.1 Å². The third kappa shape index (κ3) is 2.60. The van der Waals surface area contributed by atoms with Crippen molar-refractivity contribution in [2.45, 2.75) is 24.0 Å². The molecule has 13 heavy (non-hydrogen) atoms. The van der Waals surface area contributed by atoms with Gasteiger partial charge in [-0.25, -0.2) is 0 Å². The average Bonchev–Trinajstić information content (AvgIpc) is 2.23. The molecule has 1 aliphatic rings. The molecule has 0 aliphatic carbocycles. The number of nitroso groups, excluding NO2 is 1. The van der Waals surface area contributed by atoms with Gasteiger partial charge >= 0.3 is 0 Å². The normalized spacial score (nSPS) is 29.2. The number of hydrogen-bond donors (Lipinski definition) is 0. The zero-order valence-corrected chi connectivity index (χ0v) is 9.78. The van der Waals surface area contributed by atoms with E-state index in [1.165, 1.54) is 11.8 Å². The molecule has 6 heteroatoms. The Hall–Kier alpha value is -0.230. The Kier molecular flexibility index (Phi) is 3.23. The van der Waals surface area contributed by atoms with E-state index in [1.54, 1.807) is 16.8 Å². The summed E-state index contributed by atoms with van der Waals surface area (Å²) in [6.45, 7) is 4.02.